The molecule has 0 spiro atoms. The first kappa shape index (κ1) is 22.9. The van der Waals surface area contributed by atoms with Gasteiger partial charge in [-0.15, -0.1) is 0 Å². The number of amides is 1. The normalized spacial score (nSPS) is 14.8. The Labute approximate surface area is 184 Å². The zero-order chi connectivity index (χ0) is 22.1. The minimum atomic E-state index is -0.0183. The summed E-state index contributed by atoms with van der Waals surface area (Å²) in [5.41, 5.74) is 1.99. The Morgan fingerprint density at radius 1 is 0.903 bits per heavy atom. The third-order valence-electron chi connectivity index (χ3n) is 5.22. The lowest BCUT2D eigenvalue weighted by molar-refractivity contribution is -0.117. The van der Waals surface area contributed by atoms with E-state index in [9.17, 15) is 4.79 Å². The topological polar surface area (TPSA) is 63.3 Å². The van der Waals surface area contributed by atoms with Gasteiger partial charge in [-0.25, -0.2) is 0 Å². The van der Waals surface area contributed by atoms with Crippen LogP contribution in [0.2, 0.25) is 0 Å². The van der Waals surface area contributed by atoms with E-state index in [0.717, 1.165) is 44.2 Å². The van der Waals surface area contributed by atoms with Crippen molar-refractivity contribution in [2.45, 2.75) is 20.4 Å². The number of carbonyl (C=O) groups is 1. The molecule has 1 heterocycles. The summed E-state index contributed by atoms with van der Waals surface area (Å²) in [6.45, 7) is 9.89. The summed E-state index contributed by atoms with van der Waals surface area (Å²) >= 11 is 0. The van der Waals surface area contributed by atoms with E-state index in [1.54, 1.807) is 7.11 Å². The molecule has 1 amide bonds. The van der Waals surface area contributed by atoms with Crippen LogP contribution in [0.25, 0.3) is 0 Å². The van der Waals surface area contributed by atoms with Gasteiger partial charge in [0.2, 0.25) is 5.91 Å². The third kappa shape index (κ3) is 6.87. The van der Waals surface area contributed by atoms with Gasteiger partial charge in [-0.2, -0.15) is 0 Å². The van der Waals surface area contributed by atoms with E-state index >= 15 is 0 Å². The van der Waals surface area contributed by atoms with E-state index in [4.69, 9.17) is 14.2 Å². The van der Waals surface area contributed by atoms with Crippen molar-refractivity contribution in [1.29, 1.82) is 0 Å². The molecule has 3 rings (SSSR count). The number of piperazine rings is 1. The van der Waals surface area contributed by atoms with E-state index in [0.29, 0.717) is 31.3 Å². The molecule has 168 valence electrons. The number of nitrogens with one attached hydrogen (secondary N) is 1. The van der Waals surface area contributed by atoms with Crippen LogP contribution in [0.4, 0.5) is 5.69 Å². The molecule has 0 aliphatic carbocycles. The highest BCUT2D eigenvalue weighted by molar-refractivity contribution is 5.92. The highest BCUT2D eigenvalue weighted by atomic mass is 16.5. The van der Waals surface area contributed by atoms with Gasteiger partial charge >= 0.3 is 0 Å². The van der Waals surface area contributed by atoms with Crippen LogP contribution in [0.15, 0.2) is 42.5 Å². The van der Waals surface area contributed by atoms with Crippen molar-refractivity contribution < 1.29 is 19.0 Å². The molecule has 2 aromatic rings. The van der Waals surface area contributed by atoms with Crippen LogP contribution in [0.3, 0.4) is 0 Å². The molecular weight excluding hydrogens is 394 g/mol. The van der Waals surface area contributed by atoms with Crippen molar-refractivity contribution in [3.8, 4) is 17.2 Å². The van der Waals surface area contributed by atoms with Gasteiger partial charge in [0.1, 0.15) is 5.75 Å². The molecule has 1 saturated heterocycles. The fraction of sp³-hybridized carbons (Fsp3) is 0.458. The molecule has 2 aromatic carbocycles. The van der Waals surface area contributed by atoms with Gasteiger partial charge in [-0.1, -0.05) is 12.1 Å². The lowest BCUT2D eigenvalue weighted by atomic mass is 10.2. The molecule has 0 bridgehead atoms. The van der Waals surface area contributed by atoms with Gasteiger partial charge in [0, 0.05) is 44.5 Å². The highest BCUT2D eigenvalue weighted by Gasteiger charge is 2.19. The Balaban J connectivity index is 1.45. The summed E-state index contributed by atoms with van der Waals surface area (Å²) in [5, 5.41) is 2.98. The maximum atomic E-state index is 12.5. The van der Waals surface area contributed by atoms with Gasteiger partial charge in [0.25, 0.3) is 0 Å². The number of rotatable bonds is 10. The minimum absolute atomic E-state index is 0.0183. The molecule has 0 atom stereocenters. The number of carbonyl (C=O) groups excluding carboxylic acids is 1. The third-order valence-corrected chi connectivity index (χ3v) is 5.22. The van der Waals surface area contributed by atoms with Crippen molar-refractivity contribution in [2.75, 3.05) is 58.4 Å². The monoisotopic (exact) mass is 427 g/mol. The second kappa shape index (κ2) is 11.6. The van der Waals surface area contributed by atoms with Crippen LogP contribution >= 0.6 is 0 Å². The van der Waals surface area contributed by atoms with Crippen LogP contribution in [0, 0.1) is 0 Å². The van der Waals surface area contributed by atoms with Crippen molar-refractivity contribution in [3.63, 3.8) is 0 Å². The number of methoxy groups -OCH3 is 1. The average molecular weight is 428 g/mol. The van der Waals surface area contributed by atoms with Gasteiger partial charge in [0.15, 0.2) is 11.5 Å². The van der Waals surface area contributed by atoms with Crippen LogP contribution in [0.1, 0.15) is 19.4 Å². The standard InChI is InChI=1S/C24H33N3O4/c1-4-30-22-11-8-20(16-23(22)31-5-2)25-24(28)18-27-14-12-26(13-15-27)17-19-6-9-21(29-3)10-7-19/h6-11,16H,4-5,12-15,17-18H2,1-3H3,(H,25,28). The summed E-state index contributed by atoms with van der Waals surface area (Å²) < 4.78 is 16.4. The summed E-state index contributed by atoms with van der Waals surface area (Å²) in [6, 6.07) is 13.7. The smallest absolute Gasteiger partial charge is 0.238 e. The van der Waals surface area contributed by atoms with Crippen LogP contribution < -0.4 is 19.5 Å². The maximum absolute atomic E-state index is 12.5. The molecular formula is C24H33N3O4. The quantitative estimate of drug-likeness (QED) is 0.628. The number of nitrogens with zero attached hydrogens (tertiary/aromatic N) is 2. The second-order valence-electron chi connectivity index (χ2n) is 7.48. The lowest BCUT2D eigenvalue weighted by Crippen LogP contribution is -2.48. The highest BCUT2D eigenvalue weighted by Crippen LogP contribution is 2.30. The number of hydrogen-bond acceptors (Lipinski definition) is 6. The number of benzene rings is 2. The van der Waals surface area contributed by atoms with E-state index in [-0.39, 0.29) is 5.91 Å². The second-order valence-corrected chi connectivity index (χ2v) is 7.48. The molecule has 7 heteroatoms. The van der Waals surface area contributed by atoms with E-state index in [1.807, 2.05) is 44.2 Å². The predicted molar refractivity (Wildman–Crippen MR) is 122 cm³/mol. The summed E-state index contributed by atoms with van der Waals surface area (Å²) in [4.78, 5) is 17.1. The van der Waals surface area contributed by atoms with Gasteiger partial charge in [-0.05, 0) is 43.7 Å². The first-order chi connectivity index (χ1) is 15.1. The Kier molecular flexibility index (Phi) is 8.55. The summed E-state index contributed by atoms with van der Waals surface area (Å²) in [6.07, 6.45) is 0. The molecule has 0 saturated carbocycles. The zero-order valence-corrected chi connectivity index (χ0v) is 18.7. The van der Waals surface area contributed by atoms with Gasteiger partial charge < -0.3 is 19.5 Å². The van der Waals surface area contributed by atoms with Crippen molar-refractivity contribution in [1.82, 2.24) is 9.80 Å². The van der Waals surface area contributed by atoms with Gasteiger partial charge in [0.05, 0.1) is 26.9 Å². The first-order valence-corrected chi connectivity index (χ1v) is 10.9. The largest absolute Gasteiger partial charge is 0.497 e. The molecule has 7 nitrogen and oxygen atoms in total. The number of anilines is 1. The predicted octanol–water partition coefficient (Wildman–Crippen LogP) is 3.25. The van der Waals surface area contributed by atoms with E-state index in [2.05, 4.69) is 27.2 Å². The molecule has 0 aromatic heterocycles. The molecule has 1 aliphatic rings. The molecule has 1 N–H and O–H groups in total. The molecule has 1 aliphatic heterocycles. The SMILES string of the molecule is CCOc1ccc(NC(=O)CN2CCN(Cc3ccc(OC)cc3)CC2)cc1OCC. The van der Waals surface area contributed by atoms with Crippen LogP contribution in [-0.4, -0.2) is 68.8 Å². The van der Waals surface area contributed by atoms with Crippen LogP contribution in [-0.2, 0) is 11.3 Å². The Morgan fingerprint density at radius 3 is 2.19 bits per heavy atom. The fourth-order valence-electron chi connectivity index (χ4n) is 3.63. The molecule has 0 unspecified atom stereocenters. The van der Waals surface area contributed by atoms with Crippen molar-refractivity contribution in [3.05, 3.63) is 48.0 Å². The Bertz CT molecular complexity index is 833. The zero-order valence-electron chi connectivity index (χ0n) is 18.7. The Hall–Kier alpha value is -2.77. The summed E-state index contributed by atoms with van der Waals surface area (Å²) in [7, 11) is 1.68. The Morgan fingerprint density at radius 2 is 1.55 bits per heavy atom. The molecule has 0 radical (unpaired) electrons. The van der Waals surface area contributed by atoms with Crippen molar-refractivity contribution in [2.24, 2.45) is 0 Å². The van der Waals surface area contributed by atoms with E-state index in [1.165, 1.54) is 5.56 Å². The lowest BCUT2D eigenvalue weighted by Gasteiger charge is -2.34. The maximum Gasteiger partial charge on any atom is 0.238 e. The summed E-state index contributed by atoms with van der Waals surface area (Å²) in [5.74, 6) is 2.19. The molecule has 1 fully saturated rings. The van der Waals surface area contributed by atoms with Crippen molar-refractivity contribution >= 4 is 11.6 Å². The number of hydrogen-bond donors (Lipinski definition) is 1. The average Bonchev–Trinajstić information content (AvgIpc) is 2.78. The van der Waals surface area contributed by atoms with E-state index < -0.39 is 0 Å². The number of ether oxygens (including phenoxy) is 3. The van der Waals surface area contributed by atoms with Gasteiger partial charge in [-0.3, -0.25) is 14.6 Å². The molecule has 31 heavy (non-hydrogen) atoms. The minimum Gasteiger partial charge on any atom is -0.497 e. The van der Waals surface area contributed by atoms with Crippen LogP contribution in [0.5, 0.6) is 17.2 Å². The first-order valence-electron chi connectivity index (χ1n) is 10.9. The fourth-order valence-corrected chi connectivity index (χ4v) is 3.63.